The number of hydrogen-bond acceptors (Lipinski definition) is 2. The highest BCUT2D eigenvalue weighted by molar-refractivity contribution is 9.10. The van der Waals surface area contributed by atoms with E-state index in [1.165, 1.54) is 6.07 Å². The van der Waals surface area contributed by atoms with Gasteiger partial charge in [0.1, 0.15) is 5.82 Å². The number of benzene rings is 1. The third-order valence-corrected chi connectivity index (χ3v) is 2.82. The van der Waals surface area contributed by atoms with Crippen molar-refractivity contribution in [3.05, 3.63) is 34.1 Å². The Hall–Kier alpha value is -0.940. The fourth-order valence-electron chi connectivity index (χ4n) is 1.40. The molecule has 0 unspecified atom stereocenters. The van der Waals surface area contributed by atoms with Crippen LogP contribution in [-0.4, -0.2) is 26.0 Å². The normalized spacial score (nSPS) is 10.3. The van der Waals surface area contributed by atoms with Gasteiger partial charge in [-0.3, -0.25) is 4.79 Å². The zero-order chi connectivity index (χ0) is 12.7. The van der Waals surface area contributed by atoms with E-state index < -0.39 is 0 Å². The molecule has 5 heteroatoms. The van der Waals surface area contributed by atoms with E-state index in [4.69, 9.17) is 0 Å². The summed E-state index contributed by atoms with van der Waals surface area (Å²) in [5, 5.41) is 5.65. The Bertz CT molecular complexity index is 385. The van der Waals surface area contributed by atoms with E-state index in [0.717, 1.165) is 4.47 Å². The first kappa shape index (κ1) is 14.1. The average molecular weight is 303 g/mol. The summed E-state index contributed by atoms with van der Waals surface area (Å²) in [6.07, 6.45) is 0.939. The van der Waals surface area contributed by atoms with Crippen LogP contribution in [-0.2, 0) is 11.2 Å². The third-order valence-electron chi connectivity index (χ3n) is 2.33. The average Bonchev–Trinajstić information content (AvgIpc) is 2.31. The number of carbonyl (C=O) groups excluding carboxylic acids is 1. The quantitative estimate of drug-likeness (QED) is 0.842. The molecule has 3 nitrogen and oxygen atoms in total. The summed E-state index contributed by atoms with van der Waals surface area (Å²) in [4.78, 5) is 11.3. The highest BCUT2D eigenvalue weighted by Gasteiger charge is 2.04. The summed E-state index contributed by atoms with van der Waals surface area (Å²) < 4.78 is 14.2. The molecule has 1 amide bonds. The van der Waals surface area contributed by atoms with Crippen LogP contribution in [0.3, 0.4) is 0 Å². The zero-order valence-electron chi connectivity index (χ0n) is 9.72. The van der Waals surface area contributed by atoms with Crippen molar-refractivity contribution in [2.75, 3.05) is 20.1 Å². The van der Waals surface area contributed by atoms with Crippen LogP contribution in [0.1, 0.15) is 12.0 Å². The van der Waals surface area contributed by atoms with Crippen molar-refractivity contribution in [2.45, 2.75) is 12.8 Å². The number of amides is 1. The van der Waals surface area contributed by atoms with Gasteiger partial charge in [0.2, 0.25) is 5.91 Å². The van der Waals surface area contributed by atoms with Crippen LogP contribution >= 0.6 is 15.9 Å². The molecule has 0 fully saturated rings. The molecule has 0 aliphatic carbocycles. The molecule has 1 rings (SSSR count). The van der Waals surface area contributed by atoms with E-state index in [1.807, 2.05) is 0 Å². The standard InChI is InChI=1S/C12H16BrFN2O/c1-15-6-5-12(17)16-7-4-9-8-10(13)2-3-11(9)14/h2-3,8,15H,4-7H2,1H3,(H,16,17). The Morgan fingerprint density at radius 2 is 2.18 bits per heavy atom. The zero-order valence-corrected chi connectivity index (χ0v) is 11.3. The highest BCUT2D eigenvalue weighted by atomic mass is 79.9. The van der Waals surface area contributed by atoms with E-state index in [0.29, 0.717) is 31.5 Å². The number of rotatable bonds is 6. The van der Waals surface area contributed by atoms with Gasteiger partial charge in [0.25, 0.3) is 0 Å². The molecule has 0 radical (unpaired) electrons. The molecule has 1 aromatic rings. The van der Waals surface area contributed by atoms with E-state index in [1.54, 1.807) is 19.2 Å². The first-order chi connectivity index (χ1) is 8.13. The number of halogens is 2. The van der Waals surface area contributed by atoms with E-state index >= 15 is 0 Å². The molecule has 0 aliphatic heterocycles. The fourth-order valence-corrected chi connectivity index (χ4v) is 1.81. The minimum atomic E-state index is -0.238. The monoisotopic (exact) mass is 302 g/mol. The Morgan fingerprint density at radius 3 is 2.88 bits per heavy atom. The van der Waals surface area contributed by atoms with Gasteiger partial charge in [-0.1, -0.05) is 15.9 Å². The Labute approximate surface area is 109 Å². The van der Waals surface area contributed by atoms with E-state index in [-0.39, 0.29) is 11.7 Å². The maximum Gasteiger partial charge on any atom is 0.221 e. The summed E-state index contributed by atoms with van der Waals surface area (Å²) in [5.41, 5.74) is 0.605. The van der Waals surface area contributed by atoms with Gasteiger partial charge in [-0.05, 0) is 37.2 Å². The maximum atomic E-state index is 13.4. The molecule has 0 aromatic heterocycles. The molecule has 1 aromatic carbocycles. The molecule has 0 saturated heterocycles. The van der Waals surface area contributed by atoms with Crippen molar-refractivity contribution in [3.8, 4) is 0 Å². The molecule has 94 valence electrons. The largest absolute Gasteiger partial charge is 0.356 e. The second kappa shape index (κ2) is 7.40. The van der Waals surface area contributed by atoms with E-state index in [9.17, 15) is 9.18 Å². The summed E-state index contributed by atoms with van der Waals surface area (Å²) in [5.74, 6) is -0.257. The molecule has 0 heterocycles. The van der Waals surface area contributed by atoms with Gasteiger partial charge < -0.3 is 10.6 Å². The minimum Gasteiger partial charge on any atom is -0.356 e. The fraction of sp³-hybridized carbons (Fsp3) is 0.417. The topological polar surface area (TPSA) is 41.1 Å². The SMILES string of the molecule is CNCCC(=O)NCCc1cc(Br)ccc1F. The van der Waals surface area contributed by atoms with Gasteiger partial charge in [-0.25, -0.2) is 4.39 Å². The first-order valence-corrected chi connectivity index (χ1v) is 6.28. The number of hydrogen-bond donors (Lipinski definition) is 2. The summed E-state index contributed by atoms with van der Waals surface area (Å²) >= 11 is 3.29. The second-order valence-electron chi connectivity index (χ2n) is 3.69. The lowest BCUT2D eigenvalue weighted by atomic mass is 10.1. The molecular weight excluding hydrogens is 287 g/mol. The van der Waals surface area contributed by atoms with Crippen LogP contribution < -0.4 is 10.6 Å². The van der Waals surface area contributed by atoms with Gasteiger partial charge in [0, 0.05) is 24.0 Å². The molecule has 0 aliphatic rings. The molecule has 2 N–H and O–H groups in total. The maximum absolute atomic E-state index is 13.4. The number of nitrogens with one attached hydrogen (secondary N) is 2. The second-order valence-corrected chi connectivity index (χ2v) is 4.60. The summed E-state index contributed by atoms with van der Waals surface area (Å²) in [7, 11) is 1.80. The van der Waals surface area contributed by atoms with E-state index in [2.05, 4.69) is 26.6 Å². The molecule has 0 spiro atoms. The molecule has 0 atom stereocenters. The predicted octanol–water partition coefficient (Wildman–Crippen LogP) is 1.86. The van der Waals surface area contributed by atoms with Crippen molar-refractivity contribution in [1.82, 2.24) is 10.6 Å². The van der Waals surface area contributed by atoms with Crippen LogP contribution in [0, 0.1) is 5.82 Å². The smallest absolute Gasteiger partial charge is 0.221 e. The van der Waals surface area contributed by atoms with Crippen molar-refractivity contribution in [1.29, 1.82) is 0 Å². The molecule has 0 saturated carbocycles. The lowest BCUT2D eigenvalue weighted by Gasteiger charge is -2.06. The third kappa shape index (κ3) is 5.28. The lowest BCUT2D eigenvalue weighted by molar-refractivity contribution is -0.120. The van der Waals surface area contributed by atoms with Gasteiger partial charge in [-0.15, -0.1) is 0 Å². The molecule has 0 bridgehead atoms. The van der Waals surface area contributed by atoms with Crippen LogP contribution in [0.25, 0.3) is 0 Å². The first-order valence-electron chi connectivity index (χ1n) is 5.48. The Balaban J connectivity index is 2.35. The Morgan fingerprint density at radius 1 is 1.41 bits per heavy atom. The van der Waals surface area contributed by atoms with Crippen LogP contribution in [0.15, 0.2) is 22.7 Å². The molecule has 17 heavy (non-hydrogen) atoms. The Kier molecular flexibility index (Phi) is 6.15. The summed E-state index contributed by atoms with van der Waals surface area (Å²) in [6.45, 7) is 1.10. The van der Waals surface area contributed by atoms with Gasteiger partial charge in [0.05, 0.1) is 0 Å². The minimum absolute atomic E-state index is 0.0187. The van der Waals surface area contributed by atoms with Crippen molar-refractivity contribution in [3.63, 3.8) is 0 Å². The van der Waals surface area contributed by atoms with Gasteiger partial charge in [-0.2, -0.15) is 0 Å². The summed E-state index contributed by atoms with van der Waals surface area (Å²) in [6, 6.07) is 4.81. The highest BCUT2D eigenvalue weighted by Crippen LogP contribution is 2.15. The lowest BCUT2D eigenvalue weighted by Crippen LogP contribution is -2.28. The van der Waals surface area contributed by atoms with Gasteiger partial charge >= 0.3 is 0 Å². The predicted molar refractivity (Wildman–Crippen MR) is 69.4 cm³/mol. The van der Waals surface area contributed by atoms with Crippen molar-refractivity contribution < 1.29 is 9.18 Å². The van der Waals surface area contributed by atoms with Crippen LogP contribution in [0.2, 0.25) is 0 Å². The number of carbonyl (C=O) groups is 1. The van der Waals surface area contributed by atoms with Crippen LogP contribution in [0.4, 0.5) is 4.39 Å². The van der Waals surface area contributed by atoms with Crippen molar-refractivity contribution in [2.24, 2.45) is 0 Å². The van der Waals surface area contributed by atoms with Gasteiger partial charge in [0.15, 0.2) is 0 Å². The molecular formula is C12H16BrFN2O. The van der Waals surface area contributed by atoms with Crippen LogP contribution in [0.5, 0.6) is 0 Å². The van der Waals surface area contributed by atoms with Crippen molar-refractivity contribution >= 4 is 21.8 Å².